The minimum Gasteiger partial charge on any atom is -0.396 e. The summed E-state index contributed by atoms with van der Waals surface area (Å²) in [7, 11) is 0. The Kier molecular flexibility index (Phi) is 6.99. The number of aryl methyl sites for hydroxylation is 1. The quantitative estimate of drug-likeness (QED) is 0.426. The second kappa shape index (κ2) is 9.89. The number of hydrogen-bond acceptors (Lipinski definition) is 8. The molecule has 0 unspecified atom stereocenters. The molecule has 7 nitrogen and oxygen atoms in total. The Morgan fingerprint density at radius 1 is 1.19 bits per heavy atom. The number of hydrogen-bond donors (Lipinski definition) is 3. The number of nitrogens with one attached hydrogen (secondary N) is 2. The zero-order valence-electron chi connectivity index (χ0n) is 18.4. The van der Waals surface area contributed by atoms with Gasteiger partial charge in [-0.05, 0) is 50.7 Å². The normalized spacial score (nSPS) is 21.0. The molecular formula is C23H31N5O2S. The topological polar surface area (TPSA) is 92.2 Å². The minimum absolute atomic E-state index is 0.236. The molecule has 3 aromatic rings. The molecule has 3 N–H and O–H groups in total. The van der Waals surface area contributed by atoms with E-state index in [0.717, 1.165) is 45.1 Å². The van der Waals surface area contributed by atoms with Gasteiger partial charge in [0.25, 0.3) is 0 Å². The number of rotatable bonds is 9. The molecule has 0 saturated heterocycles. The molecule has 3 atom stereocenters. The highest BCUT2D eigenvalue weighted by atomic mass is 32.1. The molecule has 0 aliphatic heterocycles. The third-order valence-electron chi connectivity index (χ3n) is 5.89. The maximum absolute atomic E-state index is 9.63. The fourth-order valence-corrected chi connectivity index (χ4v) is 5.34. The van der Waals surface area contributed by atoms with Gasteiger partial charge in [-0.15, -0.1) is 11.3 Å². The first-order chi connectivity index (χ1) is 15.1. The number of thiazole rings is 1. The van der Waals surface area contributed by atoms with Gasteiger partial charge in [0.1, 0.15) is 10.8 Å². The number of nitrogens with zero attached hydrogens (tertiary/aromatic N) is 3. The van der Waals surface area contributed by atoms with Crippen LogP contribution in [0.5, 0.6) is 0 Å². The summed E-state index contributed by atoms with van der Waals surface area (Å²) in [5, 5.41) is 17.5. The molecule has 0 bridgehead atoms. The summed E-state index contributed by atoms with van der Waals surface area (Å²) in [6.07, 6.45) is 1.96. The van der Waals surface area contributed by atoms with E-state index in [1.54, 1.807) is 11.3 Å². The Hall–Kier alpha value is -2.29. The molecule has 0 amide bonds. The van der Waals surface area contributed by atoms with Crippen LogP contribution in [0.4, 0.5) is 11.8 Å². The van der Waals surface area contributed by atoms with Crippen molar-refractivity contribution in [1.29, 1.82) is 0 Å². The van der Waals surface area contributed by atoms with Crippen LogP contribution >= 0.6 is 11.3 Å². The Labute approximate surface area is 187 Å². The SMILES string of the molecule is CCOCCNc1nc(C)c(-c2nc3ccccc3s2)c(N[C@@H]2C[C@H](CO)C[C@H]2C)n1. The summed E-state index contributed by atoms with van der Waals surface area (Å²) in [4.78, 5) is 14.4. The second-order valence-corrected chi connectivity index (χ2v) is 9.25. The van der Waals surface area contributed by atoms with Gasteiger partial charge in [0.05, 0.1) is 28.1 Å². The Morgan fingerprint density at radius 2 is 2.03 bits per heavy atom. The van der Waals surface area contributed by atoms with Crippen molar-refractivity contribution in [3.05, 3.63) is 30.0 Å². The summed E-state index contributed by atoms with van der Waals surface area (Å²) in [5.41, 5.74) is 2.83. The van der Waals surface area contributed by atoms with Gasteiger partial charge in [0, 0.05) is 25.8 Å². The molecular weight excluding hydrogens is 410 g/mol. The monoisotopic (exact) mass is 441 g/mol. The summed E-state index contributed by atoms with van der Waals surface area (Å²) in [6.45, 7) is 8.42. The zero-order chi connectivity index (χ0) is 21.8. The van der Waals surface area contributed by atoms with E-state index in [1.807, 2.05) is 32.0 Å². The van der Waals surface area contributed by atoms with Crippen molar-refractivity contribution < 1.29 is 9.84 Å². The number of benzene rings is 1. The van der Waals surface area contributed by atoms with Gasteiger partial charge in [0.15, 0.2) is 0 Å². The fourth-order valence-electron chi connectivity index (χ4n) is 4.27. The van der Waals surface area contributed by atoms with Crippen LogP contribution in [0, 0.1) is 18.8 Å². The maximum Gasteiger partial charge on any atom is 0.224 e. The van der Waals surface area contributed by atoms with Gasteiger partial charge >= 0.3 is 0 Å². The smallest absolute Gasteiger partial charge is 0.224 e. The molecule has 1 saturated carbocycles. The van der Waals surface area contributed by atoms with E-state index in [4.69, 9.17) is 19.7 Å². The molecule has 0 radical (unpaired) electrons. The van der Waals surface area contributed by atoms with Crippen LogP contribution in [-0.2, 0) is 4.74 Å². The maximum atomic E-state index is 9.63. The molecule has 1 aliphatic carbocycles. The van der Waals surface area contributed by atoms with E-state index in [1.165, 1.54) is 0 Å². The summed E-state index contributed by atoms with van der Waals surface area (Å²) in [5.74, 6) is 2.20. The van der Waals surface area contributed by atoms with E-state index in [-0.39, 0.29) is 12.6 Å². The predicted octanol–water partition coefficient (Wildman–Crippen LogP) is 4.33. The highest BCUT2D eigenvalue weighted by molar-refractivity contribution is 7.21. The second-order valence-electron chi connectivity index (χ2n) is 8.21. The fraction of sp³-hybridized carbons (Fsp3) is 0.522. The van der Waals surface area contributed by atoms with Crippen LogP contribution in [0.3, 0.4) is 0 Å². The van der Waals surface area contributed by atoms with Crippen molar-refractivity contribution in [2.45, 2.75) is 39.7 Å². The standard InChI is InChI=1S/C23H31N5O2S/c1-4-30-10-9-24-23-25-15(3)20(22-27-17-7-5-6-8-19(17)31-22)21(28-23)26-18-12-16(13-29)11-14(18)2/h5-8,14,16,18,29H,4,9-13H2,1-3H3,(H2,24,25,26,28)/t14-,16-,18-/m1/s1. The molecule has 1 aliphatic rings. The highest BCUT2D eigenvalue weighted by Gasteiger charge is 2.32. The lowest BCUT2D eigenvalue weighted by Crippen LogP contribution is -2.24. The van der Waals surface area contributed by atoms with E-state index >= 15 is 0 Å². The molecule has 166 valence electrons. The van der Waals surface area contributed by atoms with Crippen molar-refractivity contribution in [3.8, 4) is 10.6 Å². The van der Waals surface area contributed by atoms with E-state index in [2.05, 4.69) is 23.6 Å². The zero-order valence-corrected chi connectivity index (χ0v) is 19.2. The van der Waals surface area contributed by atoms with Crippen LogP contribution < -0.4 is 10.6 Å². The van der Waals surface area contributed by atoms with Crippen molar-refractivity contribution in [3.63, 3.8) is 0 Å². The lowest BCUT2D eigenvalue weighted by molar-refractivity contribution is 0.158. The summed E-state index contributed by atoms with van der Waals surface area (Å²) >= 11 is 1.66. The number of aromatic nitrogens is 3. The Morgan fingerprint density at radius 3 is 2.77 bits per heavy atom. The van der Waals surface area contributed by atoms with E-state index < -0.39 is 0 Å². The van der Waals surface area contributed by atoms with Crippen LogP contribution in [-0.4, -0.2) is 52.5 Å². The molecule has 8 heteroatoms. The molecule has 31 heavy (non-hydrogen) atoms. The van der Waals surface area contributed by atoms with Gasteiger partial charge in [0.2, 0.25) is 5.95 Å². The summed E-state index contributed by atoms with van der Waals surface area (Å²) < 4.78 is 6.57. The van der Waals surface area contributed by atoms with E-state index in [0.29, 0.717) is 37.5 Å². The van der Waals surface area contributed by atoms with Crippen LogP contribution in [0.1, 0.15) is 32.4 Å². The van der Waals surface area contributed by atoms with Crippen molar-refractivity contribution in [2.75, 3.05) is 37.0 Å². The third-order valence-corrected chi connectivity index (χ3v) is 6.94. The van der Waals surface area contributed by atoms with Crippen molar-refractivity contribution in [1.82, 2.24) is 15.0 Å². The van der Waals surface area contributed by atoms with Gasteiger partial charge in [-0.25, -0.2) is 9.97 Å². The van der Waals surface area contributed by atoms with Crippen molar-refractivity contribution in [2.24, 2.45) is 11.8 Å². The lowest BCUT2D eigenvalue weighted by Gasteiger charge is -2.21. The predicted molar refractivity (Wildman–Crippen MR) is 127 cm³/mol. The van der Waals surface area contributed by atoms with Crippen LogP contribution in [0.15, 0.2) is 24.3 Å². The highest BCUT2D eigenvalue weighted by Crippen LogP contribution is 2.39. The van der Waals surface area contributed by atoms with E-state index in [9.17, 15) is 5.11 Å². The molecule has 2 aromatic heterocycles. The average molecular weight is 442 g/mol. The lowest BCUT2D eigenvalue weighted by atomic mass is 10.1. The minimum atomic E-state index is 0.236. The Bertz CT molecular complexity index is 991. The van der Waals surface area contributed by atoms with Gasteiger partial charge in [-0.3, -0.25) is 0 Å². The first-order valence-corrected chi connectivity index (χ1v) is 11.8. The molecule has 1 aromatic carbocycles. The number of para-hydroxylation sites is 1. The van der Waals surface area contributed by atoms with Crippen molar-refractivity contribution >= 4 is 33.3 Å². The largest absolute Gasteiger partial charge is 0.396 e. The first-order valence-electron chi connectivity index (χ1n) is 11.0. The third kappa shape index (κ3) is 4.97. The molecule has 4 rings (SSSR count). The molecule has 1 fully saturated rings. The number of fused-ring (bicyclic) bond motifs is 1. The number of ether oxygens (including phenoxy) is 1. The number of aliphatic hydroxyl groups is 1. The summed E-state index contributed by atoms with van der Waals surface area (Å²) in [6, 6.07) is 8.43. The number of aliphatic hydroxyl groups excluding tert-OH is 1. The average Bonchev–Trinajstić information content (AvgIpc) is 3.34. The van der Waals surface area contributed by atoms with Gasteiger partial charge in [-0.2, -0.15) is 4.98 Å². The van der Waals surface area contributed by atoms with Crippen LogP contribution in [0.2, 0.25) is 0 Å². The number of anilines is 2. The molecule has 0 spiro atoms. The van der Waals surface area contributed by atoms with Gasteiger partial charge < -0.3 is 20.5 Å². The molecule has 2 heterocycles. The Balaban J connectivity index is 1.68. The van der Waals surface area contributed by atoms with Crippen LogP contribution in [0.25, 0.3) is 20.8 Å². The first kappa shape index (κ1) is 21.9. The van der Waals surface area contributed by atoms with Gasteiger partial charge in [-0.1, -0.05) is 19.1 Å².